The van der Waals surface area contributed by atoms with Crippen molar-refractivity contribution in [2.24, 2.45) is 4.99 Å². The quantitative estimate of drug-likeness (QED) is 0.523. The van der Waals surface area contributed by atoms with Gasteiger partial charge in [0.05, 0.1) is 19.3 Å². The van der Waals surface area contributed by atoms with Gasteiger partial charge in [-0.25, -0.2) is 9.98 Å². The van der Waals surface area contributed by atoms with Crippen molar-refractivity contribution < 1.29 is 24.1 Å². The fourth-order valence-electron chi connectivity index (χ4n) is 4.57. The van der Waals surface area contributed by atoms with Crippen molar-refractivity contribution in [1.82, 2.24) is 24.4 Å². The number of ether oxygens (including phenoxy) is 4. The molecule has 32 heavy (non-hydrogen) atoms. The molecule has 1 saturated carbocycles. The highest BCUT2D eigenvalue weighted by Gasteiger charge is 2.56. The van der Waals surface area contributed by atoms with Crippen LogP contribution in [0.15, 0.2) is 11.3 Å². The molecule has 0 amide bonds. The number of hydrogen-bond donors (Lipinski definition) is 1. The molecule has 3 aliphatic rings. The van der Waals surface area contributed by atoms with E-state index in [1.807, 2.05) is 32.8 Å². The molecule has 0 unspecified atom stereocenters. The normalized spacial score (nSPS) is 29.9. The van der Waals surface area contributed by atoms with E-state index in [0.29, 0.717) is 17.0 Å². The lowest BCUT2D eigenvalue weighted by molar-refractivity contribution is -0.199. The second-order valence-electron chi connectivity index (χ2n) is 9.20. The summed E-state index contributed by atoms with van der Waals surface area (Å²) >= 11 is 0. The average molecular weight is 447 g/mol. The summed E-state index contributed by atoms with van der Waals surface area (Å²) in [5.41, 5.74) is 1.07. The molecule has 4 atom stereocenters. The Balaban J connectivity index is 1.55. The zero-order chi connectivity index (χ0) is 22.5. The number of aliphatic hydroxyl groups excluding tert-OH is 1. The van der Waals surface area contributed by atoms with Gasteiger partial charge in [-0.1, -0.05) is 0 Å². The van der Waals surface area contributed by atoms with Gasteiger partial charge < -0.3 is 29.0 Å². The van der Waals surface area contributed by atoms with Gasteiger partial charge in [-0.3, -0.25) is 4.57 Å². The van der Waals surface area contributed by atoms with Crippen molar-refractivity contribution in [3.8, 4) is 6.01 Å². The number of hydrogen-bond acceptors (Lipinski definition) is 9. The van der Waals surface area contributed by atoms with E-state index >= 15 is 0 Å². The summed E-state index contributed by atoms with van der Waals surface area (Å²) in [6.07, 6.45) is 5.81. The Bertz CT molecular complexity index is 1000. The highest BCUT2D eigenvalue weighted by Crippen LogP contribution is 2.44. The molecule has 0 aromatic carbocycles. The first-order valence-corrected chi connectivity index (χ1v) is 11.1. The van der Waals surface area contributed by atoms with E-state index in [4.69, 9.17) is 18.9 Å². The monoisotopic (exact) mass is 446 g/mol. The van der Waals surface area contributed by atoms with Crippen LogP contribution >= 0.6 is 0 Å². The number of nitrogens with zero attached hydrogens (tertiary/aromatic N) is 6. The molecule has 1 aliphatic carbocycles. The van der Waals surface area contributed by atoms with Crippen LogP contribution in [0.1, 0.15) is 45.8 Å². The first-order valence-electron chi connectivity index (χ1n) is 11.1. The maximum atomic E-state index is 9.83. The number of aliphatic hydroxyl groups is 1. The molecular formula is C21H30N6O5. The number of aliphatic imine (C=N–C) groups is 1. The largest absolute Gasteiger partial charge is 0.460 e. The van der Waals surface area contributed by atoms with Gasteiger partial charge in [0, 0.05) is 14.1 Å². The average Bonchev–Trinajstić information content (AvgIpc) is 3.50. The summed E-state index contributed by atoms with van der Waals surface area (Å²) in [7, 11) is 3.77. The predicted molar refractivity (Wildman–Crippen MR) is 115 cm³/mol. The topological polar surface area (TPSA) is 116 Å². The van der Waals surface area contributed by atoms with E-state index in [2.05, 4.69) is 19.9 Å². The number of aromatic nitrogens is 4. The standard InChI is InChI=1S/C21H30N6O5/c1-21(2)31-15-13(9-28)30-19(16(15)32-21)27-11-22-14-17(23-10-26(3)4)24-20(25-18(14)27)29-12-7-5-6-8-12/h10-13,15-16,19,28H,5-9H2,1-4H3/t13-,15-,16-,19-/m1/s1. The molecule has 2 aromatic rings. The molecule has 11 nitrogen and oxygen atoms in total. The third-order valence-corrected chi connectivity index (χ3v) is 5.95. The van der Waals surface area contributed by atoms with Gasteiger partial charge >= 0.3 is 6.01 Å². The predicted octanol–water partition coefficient (Wildman–Crippen LogP) is 1.78. The first-order chi connectivity index (χ1) is 15.3. The second kappa shape index (κ2) is 8.22. The summed E-state index contributed by atoms with van der Waals surface area (Å²) < 4.78 is 26.1. The van der Waals surface area contributed by atoms with Gasteiger partial charge in [-0.05, 0) is 39.5 Å². The first kappa shape index (κ1) is 21.5. The fraction of sp³-hybridized carbons (Fsp3) is 0.714. The van der Waals surface area contributed by atoms with Crippen molar-refractivity contribution in [3.05, 3.63) is 6.33 Å². The van der Waals surface area contributed by atoms with Crippen LogP contribution in [0.4, 0.5) is 5.82 Å². The SMILES string of the molecule is CN(C)C=Nc1nc(OC2CCCC2)nc2c1ncn2[C@@H]1O[C@H](CO)[C@H]2OC(C)(C)O[C@H]21. The van der Waals surface area contributed by atoms with Gasteiger partial charge in [-0.15, -0.1) is 0 Å². The third kappa shape index (κ3) is 3.94. The molecule has 2 saturated heterocycles. The molecule has 2 aromatic heterocycles. The van der Waals surface area contributed by atoms with Crippen molar-refractivity contribution in [1.29, 1.82) is 0 Å². The molecule has 174 valence electrons. The van der Waals surface area contributed by atoms with Crippen molar-refractivity contribution in [2.75, 3.05) is 20.7 Å². The lowest BCUT2D eigenvalue weighted by Crippen LogP contribution is -2.31. The summed E-state index contributed by atoms with van der Waals surface area (Å²) in [5.74, 6) is -0.346. The summed E-state index contributed by atoms with van der Waals surface area (Å²) in [5, 5.41) is 9.83. The molecule has 3 fully saturated rings. The summed E-state index contributed by atoms with van der Waals surface area (Å²) in [6, 6.07) is 0.272. The van der Waals surface area contributed by atoms with Crippen LogP contribution in [0.2, 0.25) is 0 Å². The van der Waals surface area contributed by atoms with Gasteiger partial charge in [0.2, 0.25) is 0 Å². The lowest BCUT2D eigenvalue weighted by atomic mass is 10.1. The van der Waals surface area contributed by atoms with Crippen LogP contribution in [-0.4, -0.2) is 86.8 Å². The Morgan fingerprint density at radius 3 is 2.72 bits per heavy atom. The molecular weight excluding hydrogens is 416 g/mol. The summed E-state index contributed by atoms with van der Waals surface area (Å²) in [6.45, 7) is 3.53. The lowest BCUT2D eigenvalue weighted by Gasteiger charge is -2.24. The fourth-order valence-corrected chi connectivity index (χ4v) is 4.57. The minimum Gasteiger partial charge on any atom is -0.460 e. The Morgan fingerprint density at radius 2 is 2.00 bits per heavy atom. The van der Waals surface area contributed by atoms with Crippen molar-refractivity contribution >= 4 is 23.3 Å². The highest BCUT2D eigenvalue weighted by atomic mass is 16.8. The maximum Gasteiger partial charge on any atom is 0.320 e. The van der Waals surface area contributed by atoms with Gasteiger partial charge in [0.15, 0.2) is 29.0 Å². The van der Waals surface area contributed by atoms with Crippen LogP contribution < -0.4 is 4.74 Å². The third-order valence-electron chi connectivity index (χ3n) is 5.95. The number of imidazole rings is 1. The van der Waals surface area contributed by atoms with E-state index in [9.17, 15) is 5.11 Å². The van der Waals surface area contributed by atoms with Crippen molar-refractivity contribution in [2.45, 2.75) is 76.0 Å². The molecule has 11 heteroatoms. The number of rotatable bonds is 6. The van der Waals surface area contributed by atoms with E-state index in [-0.39, 0.29) is 24.8 Å². The van der Waals surface area contributed by atoms with Crippen LogP contribution in [0, 0.1) is 0 Å². The Labute approximate surface area is 186 Å². The summed E-state index contributed by atoms with van der Waals surface area (Å²) in [4.78, 5) is 20.0. The Hall–Kier alpha value is -2.34. The van der Waals surface area contributed by atoms with E-state index in [1.165, 1.54) is 0 Å². The Morgan fingerprint density at radius 1 is 1.25 bits per heavy atom. The van der Waals surface area contributed by atoms with E-state index in [1.54, 1.807) is 17.2 Å². The molecule has 2 aliphatic heterocycles. The van der Waals surface area contributed by atoms with E-state index < -0.39 is 24.2 Å². The zero-order valence-electron chi connectivity index (χ0n) is 18.8. The van der Waals surface area contributed by atoms with Crippen molar-refractivity contribution in [3.63, 3.8) is 0 Å². The molecule has 4 heterocycles. The molecule has 0 spiro atoms. The molecule has 1 N–H and O–H groups in total. The van der Waals surface area contributed by atoms with Gasteiger partial charge in [0.1, 0.15) is 24.4 Å². The molecule has 0 bridgehead atoms. The molecule has 5 rings (SSSR count). The van der Waals surface area contributed by atoms with Gasteiger partial charge in [0.25, 0.3) is 0 Å². The highest BCUT2D eigenvalue weighted by molar-refractivity contribution is 5.83. The van der Waals surface area contributed by atoms with Crippen LogP contribution in [0.25, 0.3) is 11.2 Å². The van der Waals surface area contributed by atoms with E-state index in [0.717, 1.165) is 25.7 Å². The van der Waals surface area contributed by atoms with Gasteiger partial charge in [-0.2, -0.15) is 9.97 Å². The van der Waals surface area contributed by atoms with Crippen LogP contribution in [-0.2, 0) is 14.2 Å². The Kier molecular flexibility index (Phi) is 5.52. The zero-order valence-corrected chi connectivity index (χ0v) is 18.8. The minimum atomic E-state index is -0.770. The van der Waals surface area contributed by atoms with Crippen LogP contribution in [0.5, 0.6) is 6.01 Å². The minimum absolute atomic E-state index is 0.104. The maximum absolute atomic E-state index is 9.83. The second-order valence-corrected chi connectivity index (χ2v) is 9.20. The smallest absolute Gasteiger partial charge is 0.320 e. The van der Waals surface area contributed by atoms with Crippen LogP contribution in [0.3, 0.4) is 0 Å². The molecule has 0 radical (unpaired) electrons. The number of fused-ring (bicyclic) bond motifs is 2.